The largest absolute Gasteiger partial charge is 0.493 e. The normalized spacial score (nSPS) is 10.6. The third-order valence-electron chi connectivity index (χ3n) is 4.31. The molecule has 0 aliphatic heterocycles. The molecule has 3 aromatic carbocycles. The Kier molecular flexibility index (Phi) is 5.35. The summed E-state index contributed by atoms with van der Waals surface area (Å²) in [7, 11) is 3.18. The van der Waals surface area contributed by atoms with E-state index in [0.717, 1.165) is 22.3 Å². The van der Waals surface area contributed by atoms with Crippen molar-refractivity contribution in [2.24, 2.45) is 0 Å². The van der Waals surface area contributed by atoms with E-state index in [1.807, 2.05) is 54.6 Å². The molecule has 7 heteroatoms. The molecule has 0 spiro atoms. The zero-order chi connectivity index (χ0) is 20.2. The van der Waals surface area contributed by atoms with Gasteiger partial charge in [-0.15, -0.1) is 0 Å². The molecular weight excluding hydrogens is 390 g/mol. The molecule has 6 nitrogen and oxygen atoms in total. The van der Waals surface area contributed by atoms with Gasteiger partial charge in [-0.05, 0) is 36.4 Å². The molecule has 146 valence electrons. The quantitative estimate of drug-likeness (QED) is 0.433. The lowest BCUT2D eigenvalue weighted by molar-refractivity contribution is 0.356. The minimum absolute atomic E-state index is 0.483. The summed E-state index contributed by atoms with van der Waals surface area (Å²) < 4.78 is 16.6. The van der Waals surface area contributed by atoms with Crippen LogP contribution in [-0.4, -0.2) is 24.2 Å². The van der Waals surface area contributed by atoms with E-state index in [-0.39, 0.29) is 0 Å². The van der Waals surface area contributed by atoms with E-state index in [4.69, 9.17) is 25.8 Å². The predicted molar refractivity (Wildman–Crippen MR) is 114 cm³/mol. The first-order valence-corrected chi connectivity index (χ1v) is 9.22. The average Bonchev–Trinajstić information content (AvgIpc) is 2.75. The van der Waals surface area contributed by atoms with Crippen LogP contribution >= 0.6 is 11.6 Å². The Morgan fingerprint density at radius 2 is 1.59 bits per heavy atom. The number of hydrogen-bond acceptors (Lipinski definition) is 6. The number of aromatic nitrogens is 2. The Labute approximate surface area is 173 Å². The molecule has 0 amide bonds. The Hall–Kier alpha value is -3.51. The molecule has 4 rings (SSSR count). The Bertz CT molecular complexity index is 1150. The van der Waals surface area contributed by atoms with E-state index in [1.165, 1.54) is 6.33 Å². The van der Waals surface area contributed by atoms with Crippen LogP contribution < -0.4 is 19.5 Å². The van der Waals surface area contributed by atoms with Gasteiger partial charge in [0.2, 0.25) is 0 Å². The Morgan fingerprint density at radius 1 is 0.828 bits per heavy atom. The molecule has 1 aromatic heterocycles. The van der Waals surface area contributed by atoms with Crippen molar-refractivity contribution in [3.05, 3.63) is 72.0 Å². The van der Waals surface area contributed by atoms with E-state index in [2.05, 4.69) is 15.3 Å². The average molecular weight is 408 g/mol. The number of methoxy groups -OCH3 is 2. The molecule has 0 atom stereocenters. The highest BCUT2D eigenvalue weighted by Gasteiger charge is 2.12. The van der Waals surface area contributed by atoms with Crippen molar-refractivity contribution in [1.29, 1.82) is 0 Å². The number of rotatable bonds is 6. The molecule has 0 saturated carbocycles. The van der Waals surface area contributed by atoms with Gasteiger partial charge in [0.1, 0.15) is 23.6 Å². The SMILES string of the molecule is COc1cc2ncnc(Nc3ccc(Oc4ccccc4)c(Cl)c3)c2cc1OC. The molecule has 29 heavy (non-hydrogen) atoms. The van der Waals surface area contributed by atoms with E-state index in [1.54, 1.807) is 20.3 Å². The van der Waals surface area contributed by atoms with Crippen molar-refractivity contribution in [3.63, 3.8) is 0 Å². The third kappa shape index (κ3) is 4.02. The number of ether oxygens (including phenoxy) is 3. The second-order valence-electron chi connectivity index (χ2n) is 6.13. The van der Waals surface area contributed by atoms with Gasteiger partial charge in [-0.3, -0.25) is 0 Å². The number of fused-ring (bicyclic) bond motifs is 1. The molecular formula is C22H18ClN3O3. The lowest BCUT2D eigenvalue weighted by atomic mass is 10.2. The highest BCUT2D eigenvalue weighted by Crippen LogP contribution is 2.36. The lowest BCUT2D eigenvalue weighted by Crippen LogP contribution is -1.98. The monoisotopic (exact) mass is 407 g/mol. The number of halogens is 1. The highest BCUT2D eigenvalue weighted by molar-refractivity contribution is 6.32. The van der Waals surface area contributed by atoms with Crippen LogP contribution in [0.5, 0.6) is 23.0 Å². The molecule has 0 saturated heterocycles. The summed E-state index contributed by atoms with van der Waals surface area (Å²) in [6, 6.07) is 18.6. The fourth-order valence-electron chi connectivity index (χ4n) is 2.90. The first kappa shape index (κ1) is 18.8. The van der Waals surface area contributed by atoms with Crippen LogP contribution in [0.2, 0.25) is 5.02 Å². The van der Waals surface area contributed by atoms with E-state index >= 15 is 0 Å². The fraction of sp³-hybridized carbons (Fsp3) is 0.0909. The van der Waals surface area contributed by atoms with Gasteiger partial charge in [0.25, 0.3) is 0 Å². The first-order chi connectivity index (χ1) is 14.2. The molecule has 0 fully saturated rings. The molecule has 1 N–H and O–H groups in total. The van der Waals surface area contributed by atoms with Gasteiger partial charge in [-0.2, -0.15) is 0 Å². The van der Waals surface area contributed by atoms with Gasteiger partial charge in [-0.25, -0.2) is 9.97 Å². The van der Waals surface area contributed by atoms with Crippen molar-refractivity contribution in [2.75, 3.05) is 19.5 Å². The predicted octanol–water partition coefficient (Wildman–Crippen LogP) is 5.84. The number of nitrogens with one attached hydrogen (secondary N) is 1. The summed E-state index contributed by atoms with van der Waals surface area (Å²) in [4.78, 5) is 8.67. The third-order valence-corrected chi connectivity index (χ3v) is 4.60. The van der Waals surface area contributed by atoms with E-state index in [9.17, 15) is 0 Å². The Morgan fingerprint density at radius 3 is 2.31 bits per heavy atom. The number of para-hydroxylation sites is 1. The van der Waals surface area contributed by atoms with Crippen LogP contribution in [0.25, 0.3) is 10.9 Å². The van der Waals surface area contributed by atoms with Crippen LogP contribution in [0.1, 0.15) is 0 Å². The van der Waals surface area contributed by atoms with Crippen LogP contribution in [0.15, 0.2) is 67.0 Å². The van der Waals surface area contributed by atoms with Gasteiger partial charge in [0.05, 0.1) is 24.8 Å². The van der Waals surface area contributed by atoms with Crippen molar-refractivity contribution < 1.29 is 14.2 Å². The summed E-state index contributed by atoms with van der Waals surface area (Å²) in [5.41, 5.74) is 1.50. The molecule has 0 bridgehead atoms. The smallest absolute Gasteiger partial charge is 0.162 e. The van der Waals surface area contributed by atoms with Crippen molar-refractivity contribution in [2.45, 2.75) is 0 Å². The van der Waals surface area contributed by atoms with Crippen molar-refractivity contribution in [3.8, 4) is 23.0 Å². The summed E-state index contributed by atoms with van der Waals surface area (Å²) in [5.74, 6) is 3.13. The summed E-state index contributed by atoms with van der Waals surface area (Å²) in [5, 5.41) is 4.56. The molecule has 0 unspecified atom stereocenters. The van der Waals surface area contributed by atoms with E-state index in [0.29, 0.717) is 28.1 Å². The second-order valence-corrected chi connectivity index (χ2v) is 6.54. The zero-order valence-electron chi connectivity index (χ0n) is 15.8. The van der Waals surface area contributed by atoms with Crippen molar-refractivity contribution in [1.82, 2.24) is 9.97 Å². The number of anilines is 2. The Balaban J connectivity index is 1.64. The van der Waals surface area contributed by atoms with Gasteiger partial charge >= 0.3 is 0 Å². The van der Waals surface area contributed by atoms with Crippen LogP contribution in [0.3, 0.4) is 0 Å². The number of benzene rings is 3. The standard InChI is InChI=1S/C22H18ClN3O3/c1-27-20-11-16-18(12-21(20)28-2)24-13-25-22(16)26-14-8-9-19(17(23)10-14)29-15-6-4-3-5-7-15/h3-13H,1-2H3,(H,24,25,26). The van der Waals surface area contributed by atoms with Gasteiger partial charge in [0.15, 0.2) is 11.5 Å². The number of nitrogens with zero attached hydrogens (tertiary/aromatic N) is 2. The molecule has 0 aliphatic carbocycles. The second kappa shape index (κ2) is 8.24. The van der Waals surface area contributed by atoms with Crippen LogP contribution in [-0.2, 0) is 0 Å². The highest BCUT2D eigenvalue weighted by atomic mass is 35.5. The molecule has 1 heterocycles. The summed E-state index contributed by atoms with van der Waals surface area (Å²) in [6.07, 6.45) is 1.49. The topological polar surface area (TPSA) is 65.5 Å². The lowest BCUT2D eigenvalue weighted by Gasteiger charge is -2.13. The summed E-state index contributed by atoms with van der Waals surface area (Å²) in [6.45, 7) is 0. The van der Waals surface area contributed by atoms with Crippen LogP contribution in [0, 0.1) is 0 Å². The van der Waals surface area contributed by atoms with Crippen LogP contribution in [0.4, 0.5) is 11.5 Å². The minimum atomic E-state index is 0.483. The van der Waals surface area contributed by atoms with Crippen molar-refractivity contribution >= 4 is 34.0 Å². The molecule has 4 aromatic rings. The summed E-state index contributed by atoms with van der Waals surface area (Å²) >= 11 is 6.42. The minimum Gasteiger partial charge on any atom is -0.493 e. The molecule has 0 radical (unpaired) electrons. The maximum atomic E-state index is 6.42. The van der Waals surface area contributed by atoms with E-state index < -0.39 is 0 Å². The first-order valence-electron chi connectivity index (χ1n) is 8.84. The maximum absolute atomic E-state index is 6.42. The maximum Gasteiger partial charge on any atom is 0.162 e. The van der Waals surface area contributed by atoms with Gasteiger partial charge < -0.3 is 19.5 Å². The molecule has 0 aliphatic rings. The van der Waals surface area contributed by atoms with Gasteiger partial charge in [-0.1, -0.05) is 29.8 Å². The zero-order valence-corrected chi connectivity index (χ0v) is 16.6. The fourth-order valence-corrected chi connectivity index (χ4v) is 3.12. The number of hydrogen-bond donors (Lipinski definition) is 1. The van der Waals surface area contributed by atoms with Gasteiger partial charge in [0, 0.05) is 17.1 Å².